The second-order valence-electron chi connectivity index (χ2n) is 8.16. The number of aromatic nitrogens is 2. The van der Waals surface area contributed by atoms with Gasteiger partial charge in [-0.1, -0.05) is 12.1 Å². The Morgan fingerprint density at radius 1 is 1.19 bits per heavy atom. The highest BCUT2D eigenvalue weighted by Crippen LogP contribution is 2.24. The number of benzene rings is 1. The molecule has 2 atom stereocenters. The van der Waals surface area contributed by atoms with Gasteiger partial charge in [-0.15, -0.1) is 0 Å². The SMILES string of the molecule is CC1CN(C(=O)c2n[nH]c3c2CN(C(=O)Cc2ccc([N+](=O)[O-])cc2)CC3)CC(C)O1. The zero-order chi connectivity index (χ0) is 22.1. The van der Waals surface area contributed by atoms with Crippen molar-refractivity contribution in [2.24, 2.45) is 0 Å². The van der Waals surface area contributed by atoms with Crippen LogP contribution in [0.3, 0.4) is 0 Å². The van der Waals surface area contributed by atoms with Crippen molar-refractivity contribution in [2.75, 3.05) is 19.6 Å². The van der Waals surface area contributed by atoms with E-state index in [-0.39, 0.29) is 36.1 Å². The Labute approximate surface area is 179 Å². The number of fused-ring (bicyclic) bond motifs is 1. The number of nitro benzene ring substituents is 1. The second kappa shape index (κ2) is 8.46. The van der Waals surface area contributed by atoms with Crippen LogP contribution in [-0.4, -0.2) is 68.6 Å². The number of nitro groups is 1. The number of aromatic amines is 1. The van der Waals surface area contributed by atoms with Crippen molar-refractivity contribution in [3.8, 4) is 0 Å². The maximum Gasteiger partial charge on any atom is 0.274 e. The molecule has 0 bridgehead atoms. The zero-order valence-electron chi connectivity index (χ0n) is 17.5. The Kier molecular flexibility index (Phi) is 5.73. The summed E-state index contributed by atoms with van der Waals surface area (Å²) < 4.78 is 5.71. The van der Waals surface area contributed by atoms with Crippen molar-refractivity contribution in [2.45, 2.75) is 45.4 Å². The Morgan fingerprint density at radius 2 is 1.87 bits per heavy atom. The molecule has 10 heteroatoms. The van der Waals surface area contributed by atoms with E-state index in [4.69, 9.17) is 4.74 Å². The molecule has 2 amide bonds. The van der Waals surface area contributed by atoms with Crippen molar-refractivity contribution in [3.63, 3.8) is 0 Å². The summed E-state index contributed by atoms with van der Waals surface area (Å²) >= 11 is 0. The van der Waals surface area contributed by atoms with Gasteiger partial charge in [-0.25, -0.2) is 0 Å². The largest absolute Gasteiger partial charge is 0.372 e. The summed E-state index contributed by atoms with van der Waals surface area (Å²) in [5.74, 6) is -0.239. The van der Waals surface area contributed by atoms with E-state index in [1.54, 1.807) is 21.9 Å². The first-order chi connectivity index (χ1) is 14.8. The van der Waals surface area contributed by atoms with Gasteiger partial charge in [0.25, 0.3) is 11.6 Å². The lowest BCUT2D eigenvalue weighted by Gasteiger charge is -2.35. The smallest absolute Gasteiger partial charge is 0.274 e. The monoisotopic (exact) mass is 427 g/mol. The van der Waals surface area contributed by atoms with Gasteiger partial charge in [0.1, 0.15) is 0 Å². The van der Waals surface area contributed by atoms with Gasteiger partial charge < -0.3 is 14.5 Å². The van der Waals surface area contributed by atoms with Gasteiger partial charge in [-0.05, 0) is 19.4 Å². The van der Waals surface area contributed by atoms with Crippen LogP contribution in [0, 0.1) is 10.1 Å². The number of amides is 2. The first kappa shape index (κ1) is 21.0. The highest BCUT2D eigenvalue weighted by molar-refractivity contribution is 5.94. The van der Waals surface area contributed by atoms with E-state index in [1.165, 1.54) is 12.1 Å². The van der Waals surface area contributed by atoms with E-state index >= 15 is 0 Å². The van der Waals surface area contributed by atoms with E-state index in [2.05, 4.69) is 10.2 Å². The normalized spacial score (nSPS) is 21.0. The van der Waals surface area contributed by atoms with E-state index in [0.29, 0.717) is 43.9 Å². The lowest BCUT2D eigenvalue weighted by molar-refractivity contribution is -0.384. The molecular formula is C21H25N5O5. The minimum atomic E-state index is -0.467. The minimum absolute atomic E-state index is 0.00730. The summed E-state index contributed by atoms with van der Waals surface area (Å²) in [6, 6.07) is 5.99. The Morgan fingerprint density at radius 3 is 2.52 bits per heavy atom. The van der Waals surface area contributed by atoms with Gasteiger partial charge in [-0.2, -0.15) is 5.10 Å². The van der Waals surface area contributed by atoms with Crippen LogP contribution < -0.4 is 0 Å². The standard InChI is InChI=1S/C21H25N5O5/c1-13-10-25(11-14(2)31-13)21(28)20-17-12-24(8-7-18(17)22-23-20)19(27)9-15-3-5-16(6-4-15)26(29)30/h3-6,13-14H,7-12H2,1-2H3,(H,22,23). The number of non-ortho nitro benzene ring substituents is 1. The van der Waals surface area contributed by atoms with Gasteiger partial charge in [0.15, 0.2) is 5.69 Å². The van der Waals surface area contributed by atoms with E-state index in [9.17, 15) is 19.7 Å². The average molecular weight is 427 g/mol. The average Bonchev–Trinajstić information content (AvgIpc) is 3.16. The predicted molar refractivity (Wildman–Crippen MR) is 110 cm³/mol. The van der Waals surface area contributed by atoms with Gasteiger partial charge in [0.05, 0.1) is 23.6 Å². The third kappa shape index (κ3) is 4.43. The number of nitrogens with zero attached hydrogens (tertiary/aromatic N) is 4. The number of ether oxygens (including phenoxy) is 1. The summed E-state index contributed by atoms with van der Waals surface area (Å²) in [6.45, 7) is 5.73. The quantitative estimate of drug-likeness (QED) is 0.585. The lowest BCUT2D eigenvalue weighted by Crippen LogP contribution is -2.48. The number of carbonyl (C=O) groups is 2. The molecule has 4 rings (SSSR count). The highest BCUT2D eigenvalue weighted by Gasteiger charge is 2.32. The molecule has 0 spiro atoms. The fourth-order valence-corrected chi connectivity index (χ4v) is 4.20. The minimum Gasteiger partial charge on any atom is -0.372 e. The number of hydrogen-bond donors (Lipinski definition) is 1. The highest BCUT2D eigenvalue weighted by atomic mass is 16.6. The molecule has 2 unspecified atom stereocenters. The molecule has 2 aliphatic rings. The first-order valence-corrected chi connectivity index (χ1v) is 10.3. The summed E-state index contributed by atoms with van der Waals surface area (Å²) in [4.78, 5) is 39.7. The molecule has 1 saturated heterocycles. The van der Waals surface area contributed by atoms with Crippen molar-refractivity contribution in [3.05, 3.63) is 56.9 Å². The molecule has 1 aromatic carbocycles. The molecule has 2 aliphatic heterocycles. The summed E-state index contributed by atoms with van der Waals surface area (Å²) in [5, 5.41) is 18.0. The molecule has 1 N–H and O–H groups in total. The fourth-order valence-electron chi connectivity index (χ4n) is 4.20. The van der Waals surface area contributed by atoms with Crippen molar-refractivity contribution in [1.82, 2.24) is 20.0 Å². The number of nitrogens with one attached hydrogen (secondary N) is 1. The molecule has 0 saturated carbocycles. The molecule has 0 radical (unpaired) electrons. The Balaban J connectivity index is 1.45. The molecule has 1 fully saturated rings. The Bertz CT molecular complexity index is 992. The molecule has 3 heterocycles. The molecule has 10 nitrogen and oxygen atoms in total. The number of rotatable bonds is 4. The maximum atomic E-state index is 13.1. The van der Waals surface area contributed by atoms with Crippen molar-refractivity contribution in [1.29, 1.82) is 0 Å². The van der Waals surface area contributed by atoms with E-state index in [1.807, 2.05) is 13.8 Å². The molecule has 31 heavy (non-hydrogen) atoms. The number of hydrogen-bond acceptors (Lipinski definition) is 6. The summed E-state index contributed by atoms with van der Waals surface area (Å²) in [6.07, 6.45) is 0.661. The van der Waals surface area contributed by atoms with Crippen LogP contribution >= 0.6 is 0 Å². The molecule has 164 valence electrons. The lowest BCUT2D eigenvalue weighted by atomic mass is 10.0. The van der Waals surface area contributed by atoms with Crippen LogP contribution in [0.2, 0.25) is 0 Å². The van der Waals surface area contributed by atoms with Crippen molar-refractivity contribution < 1.29 is 19.2 Å². The summed E-state index contributed by atoms with van der Waals surface area (Å²) in [5.41, 5.74) is 2.72. The van der Waals surface area contributed by atoms with Crippen LogP contribution in [0.15, 0.2) is 24.3 Å². The van der Waals surface area contributed by atoms with Gasteiger partial charge in [-0.3, -0.25) is 24.8 Å². The van der Waals surface area contributed by atoms with E-state index < -0.39 is 4.92 Å². The number of carbonyl (C=O) groups excluding carboxylic acids is 2. The van der Waals surface area contributed by atoms with Crippen LogP contribution in [0.1, 0.15) is 41.2 Å². The van der Waals surface area contributed by atoms with Crippen LogP contribution in [0.5, 0.6) is 0 Å². The number of H-pyrrole nitrogens is 1. The third-order valence-corrected chi connectivity index (χ3v) is 5.70. The topological polar surface area (TPSA) is 122 Å². The maximum absolute atomic E-state index is 13.1. The molecule has 0 aliphatic carbocycles. The predicted octanol–water partition coefficient (Wildman–Crippen LogP) is 1.69. The third-order valence-electron chi connectivity index (χ3n) is 5.70. The van der Waals surface area contributed by atoms with Crippen LogP contribution in [0.25, 0.3) is 0 Å². The van der Waals surface area contributed by atoms with Crippen LogP contribution in [-0.2, 0) is 28.9 Å². The van der Waals surface area contributed by atoms with Gasteiger partial charge in [0, 0.05) is 56.0 Å². The first-order valence-electron chi connectivity index (χ1n) is 10.3. The molecular weight excluding hydrogens is 402 g/mol. The van der Waals surface area contributed by atoms with Crippen molar-refractivity contribution >= 4 is 17.5 Å². The summed E-state index contributed by atoms with van der Waals surface area (Å²) in [7, 11) is 0. The number of morpholine rings is 1. The van der Waals surface area contributed by atoms with Crippen LogP contribution in [0.4, 0.5) is 5.69 Å². The van der Waals surface area contributed by atoms with E-state index in [0.717, 1.165) is 11.3 Å². The van der Waals surface area contributed by atoms with Gasteiger partial charge in [0.2, 0.25) is 5.91 Å². The second-order valence-corrected chi connectivity index (χ2v) is 8.16. The Hall–Kier alpha value is -3.27. The fraction of sp³-hybridized carbons (Fsp3) is 0.476. The zero-order valence-corrected chi connectivity index (χ0v) is 17.5. The molecule has 2 aromatic rings. The molecule has 1 aromatic heterocycles. The van der Waals surface area contributed by atoms with Gasteiger partial charge >= 0.3 is 0 Å².